The molecule has 2 aliphatic rings. The van der Waals surface area contributed by atoms with Gasteiger partial charge in [-0.05, 0) is 44.4 Å². The quantitative estimate of drug-likeness (QED) is 0.865. The molecule has 0 saturated carbocycles. The highest BCUT2D eigenvalue weighted by atomic mass is 35.5. The Morgan fingerprint density at radius 1 is 1.30 bits per heavy atom. The molecule has 0 radical (unpaired) electrons. The van der Waals surface area contributed by atoms with Crippen molar-refractivity contribution in [2.24, 2.45) is 5.92 Å². The lowest BCUT2D eigenvalue weighted by molar-refractivity contribution is -0.119. The molecular formula is C17H25ClN2O3. The monoisotopic (exact) mass is 340 g/mol. The van der Waals surface area contributed by atoms with Gasteiger partial charge in [-0.1, -0.05) is 12.1 Å². The fourth-order valence-corrected chi connectivity index (χ4v) is 2.93. The van der Waals surface area contributed by atoms with Crippen molar-refractivity contribution in [3.63, 3.8) is 0 Å². The number of anilines is 1. The number of hydrogen-bond acceptors (Lipinski definition) is 4. The van der Waals surface area contributed by atoms with Crippen molar-refractivity contribution in [2.45, 2.75) is 31.8 Å². The lowest BCUT2D eigenvalue weighted by atomic mass is 10.1. The smallest absolute Gasteiger partial charge is 0.228 e. The molecule has 2 aliphatic heterocycles. The zero-order chi connectivity index (χ0) is 15.2. The van der Waals surface area contributed by atoms with E-state index in [1.165, 1.54) is 6.42 Å². The van der Waals surface area contributed by atoms with Crippen molar-refractivity contribution in [1.29, 1.82) is 0 Å². The number of hydrogen-bond donors (Lipinski definition) is 2. The highest BCUT2D eigenvalue weighted by Gasteiger charge is 2.23. The summed E-state index contributed by atoms with van der Waals surface area (Å²) in [5, 5.41) is 6.21. The summed E-state index contributed by atoms with van der Waals surface area (Å²) in [6, 6.07) is 7.61. The first kappa shape index (κ1) is 18.0. The Morgan fingerprint density at radius 3 is 2.91 bits per heavy atom. The average molecular weight is 341 g/mol. The molecule has 23 heavy (non-hydrogen) atoms. The third-order valence-corrected chi connectivity index (χ3v) is 4.27. The molecule has 1 aromatic carbocycles. The molecule has 2 unspecified atom stereocenters. The van der Waals surface area contributed by atoms with E-state index < -0.39 is 0 Å². The molecule has 0 aliphatic carbocycles. The Labute approximate surface area is 143 Å². The van der Waals surface area contributed by atoms with Gasteiger partial charge >= 0.3 is 0 Å². The van der Waals surface area contributed by atoms with Crippen LogP contribution in [0.3, 0.4) is 0 Å². The van der Waals surface area contributed by atoms with E-state index in [1.807, 2.05) is 24.3 Å². The van der Waals surface area contributed by atoms with Crippen LogP contribution >= 0.6 is 12.4 Å². The lowest BCUT2D eigenvalue weighted by Gasteiger charge is -2.23. The van der Waals surface area contributed by atoms with Gasteiger partial charge in [0.15, 0.2) is 0 Å². The molecule has 0 spiro atoms. The van der Waals surface area contributed by atoms with Crippen LogP contribution in [0.25, 0.3) is 0 Å². The van der Waals surface area contributed by atoms with Crippen LogP contribution in [0.2, 0.25) is 0 Å². The SMILES string of the molecule is Cl.O=C(Nc1ccccc1OCC1CCCCO1)C1CCNC1. The van der Waals surface area contributed by atoms with E-state index in [1.54, 1.807) is 0 Å². The van der Waals surface area contributed by atoms with Gasteiger partial charge in [-0.15, -0.1) is 12.4 Å². The van der Waals surface area contributed by atoms with E-state index in [9.17, 15) is 4.79 Å². The minimum Gasteiger partial charge on any atom is -0.489 e. The number of para-hydroxylation sites is 2. The largest absolute Gasteiger partial charge is 0.489 e. The molecule has 1 amide bonds. The molecule has 0 bridgehead atoms. The van der Waals surface area contributed by atoms with Gasteiger partial charge in [0.05, 0.1) is 17.7 Å². The summed E-state index contributed by atoms with van der Waals surface area (Å²) in [6.45, 7) is 3.03. The maximum atomic E-state index is 12.2. The van der Waals surface area contributed by atoms with E-state index in [2.05, 4.69) is 10.6 Å². The van der Waals surface area contributed by atoms with Crippen LogP contribution in [0.5, 0.6) is 5.75 Å². The number of nitrogens with one attached hydrogen (secondary N) is 2. The molecule has 2 heterocycles. The van der Waals surface area contributed by atoms with Crippen LogP contribution in [0.15, 0.2) is 24.3 Å². The predicted molar refractivity (Wildman–Crippen MR) is 92.4 cm³/mol. The van der Waals surface area contributed by atoms with Crippen LogP contribution in [0.1, 0.15) is 25.7 Å². The van der Waals surface area contributed by atoms with Crippen molar-refractivity contribution in [3.8, 4) is 5.75 Å². The van der Waals surface area contributed by atoms with Crippen LogP contribution in [0, 0.1) is 5.92 Å². The number of benzene rings is 1. The Hall–Kier alpha value is -1.30. The Balaban J connectivity index is 0.00000192. The summed E-state index contributed by atoms with van der Waals surface area (Å²) < 4.78 is 11.6. The second kappa shape index (κ2) is 9.11. The highest BCUT2D eigenvalue weighted by Crippen LogP contribution is 2.26. The molecule has 3 rings (SSSR count). The standard InChI is InChI=1S/C17H24N2O3.ClH/c20-17(13-8-9-18-11-13)19-15-6-1-2-7-16(15)22-12-14-5-3-4-10-21-14;/h1-2,6-7,13-14,18H,3-5,8-12H2,(H,19,20);1H. The van der Waals surface area contributed by atoms with Crippen LogP contribution in [0.4, 0.5) is 5.69 Å². The molecule has 0 aromatic heterocycles. The second-order valence-electron chi connectivity index (χ2n) is 5.97. The zero-order valence-corrected chi connectivity index (χ0v) is 14.1. The summed E-state index contributed by atoms with van der Waals surface area (Å²) in [7, 11) is 0. The van der Waals surface area contributed by atoms with E-state index in [4.69, 9.17) is 9.47 Å². The average Bonchev–Trinajstić information content (AvgIpc) is 3.10. The first-order valence-corrected chi connectivity index (χ1v) is 8.18. The van der Waals surface area contributed by atoms with E-state index >= 15 is 0 Å². The summed E-state index contributed by atoms with van der Waals surface area (Å²) in [5.74, 6) is 0.834. The molecule has 2 N–H and O–H groups in total. The second-order valence-corrected chi connectivity index (χ2v) is 5.97. The first-order valence-electron chi connectivity index (χ1n) is 8.18. The maximum absolute atomic E-state index is 12.2. The minimum absolute atomic E-state index is 0. The first-order chi connectivity index (χ1) is 10.8. The summed E-state index contributed by atoms with van der Waals surface area (Å²) in [4.78, 5) is 12.2. The van der Waals surface area contributed by atoms with E-state index in [-0.39, 0.29) is 30.3 Å². The maximum Gasteiger partial charge on any atom is 0.228 e. The summed E-state index contributed by atoms with van der Waals surface area (Å²) in [5.41, 5.74) is 0.746. The van der Waals surface area contributed by atoms with Crippen LogP contribution in [-0.4, -0.2) is 38.3 Å². The molecule has 2 atom stereocenters. The van der Waals surface area contributed by atoms with Crippen molar-refractivity contribution in [2.75, 3.05) is 31.6 Å². The normalized spacial score (nSPS) is 23.8. The van der Waals surface area contributed by atoms with Gasteiger partial charge in [0.25, 0.3) is 0 Å². The van der Waals surface area contributed by atoms with Crippen molar-refractivity contribution in [1.82, 2.24) is 5.32 Å². The molecule has 5 nitrogen and oxygen atoms in total. The zero-order valence-electron chi connectivity index (χ0n) is 13.3. The molecule has 6 heteroatoms. The number of rotatable bonds is 5. The van der Waals surface area contributed by atoms with Gasteiger partial charge in [-0.25, -0.2) is 0 Å². The molecule has 128 valence electrons. The molecule has 2 fully saturated rings. The Kier molecular flexibility index (Phi) is 7.15. The fraction of sp³-hybridized carbons (Fsp3) is 0.588. The van der Waals surface area contributed by atoms with Gasteiger partial charge in [-0.2, -0.15) is 0 Å². The number of halogens is 1. The molecular weight excluding hydrogens is 316 g/mol. The third-order valence-electron chi connectivity index (χ3n) is 4.27. The van der Waals surface area contributed by atoms with E-state index in [0.717, 1.165) is 50.4 Å². The molecule has 1 aromatic rings. The Bertz CT molecular complexity index is 500. The van der Waals surface area contributed by atoms with Gasteiger partial charge in [0.1, 0.15) is 12.4 Å². The van der Waals surface area contributed by atoms with Gasteiger partial charge < -0.3 is 20.1 Å². The Morgan fingerprint density at radius 2 is 2.17 bits per heavy atom. The topological polar surface area (TPSA) is 59.6 Å². The van der Waals surface area contributed by atoms with Crippen molar-refractivity contribution < 1.29 is 14.3 Å². The number of carbonyl (C=O) groups excluding carboxylic acids is 1. The fourth-order valence-electron chi connectivity index (χ4n) is 2.93. The minimum atomic E-state index is 0. The van der Waals surface area contributed by atoms with Crippen molar-refractivity contribution >= 4 is 24.0 Å². The van der Waals surface area contributed by atoms with Crippen LogP contribution in [-0.2, 0) is 9.53 Å². The van der Waals surface area contributed by atoms with Gasteiger partial charge in [0.2, 0.25) is 5.91 Å². The number of ether oxygens (including phenoxy) is 2. The predicted octanol–water partition coefficient (Wildman–Crippen LogP) is 2.60. The highest BCUT2D eigenvalue weighted by molar-refractivity contribution is 5.94. The summed E-state index contributed by atoms with van der Waals surface area (Å²) >= 11 is 0. The molecule has 2 saturated heterocycles. The number of amides is 1. The summed E-state index contributed by atoms with van der Waals surface area (Å²) in [6.07, 6.45) is 4.43. The van der Waals surface area contributed by atoms with Gasteiger partial charge in [-0.3, -0.25) is 4.79 Å². The van der Waals surface area contributed by atoms with Crippen LogP contribution < -0.4 is 15.4 Å². The van der Waals surface area contributed by atoms with E-state index in [0.29, 0.717) is 6.61 Å². The third kappa shape index (κ3) is 5.09. The van der Waals surface area contributed by atoms with Gasteiger partial charge in [0, 0.05) is 13.2 Å². The lowest BCUT2D eigenvalue weighted by Crippen LogP contribution is -2.27. The van der Waals surface area contributed by atoms with Crippen molar-refractivity contribution in [3.05, 3.63) is 24.3 Å². The number of carbonyl (C=O) groups is 1.